The fourth-order valence-electron chi connectivity index (χ4n) is 2.80. The molecule has 2 atom stereocenters. The van der Waals surface area contributed by atoms with Gasteiger partial charge < -0.3 is 9.84 Å². The third-order valence-electron chi connectivity index (χ3n) is 3.60. The van der Waals surface area contributed by atoms with E-state index in [9.17, 15) is 9.59 Å². The number of aromatic nitrogens is 2. The summed E-state index contributed by atoms with van der Waals surface area (Å²) < 4.78 is 6.42. The van der Waals surface area contributed by atoms with Crippen LogP contribution in [-0.2, 0) is 22.5 Å². The summed E-state index contributed by atoms with van der Waals surface area (Å²) in [5.41, 5.74) is 2.15. The molecule has 0 aromatic carbocycles. The molecule has 1 aromatic heterocycles. The van der Waals surface area contributed by atoms with Crippen LogP contribution in [0.5, 0.6) is 0 Å². The van der Waals surface area contributed by atoms with Crippen molar-refractivity contribution < 1.29 is 19.4 Å². The minimum absolute atomic E-state index is 0.193. The number of rotatable bonds is 4. The molecule has 0 saturated heterocycles. The Morgan fingerprint density at radius 3 is 3.00 bits per heavy atom. The molecule has 1 aromatic rings. The van der Waals surface area contributed by atoms with Gasteiger partial charge in [0, 0.05) is 11.3 Å². The summed E-state index contributed by atoms with van der Waals surface area (Å²) in [7, 11) is 0. The molecule has 0 bridgehead atoms. The summed E-state index contributed by atoms with van der Waals surface area (Å²) in [6, 6.07) is 0. The van der Waals surface area contributed by atoms with Crippen LogP contribution in [-0.4, -0.2) is 33.4 Å². The zero-order valence-electron chi connectivity index (χ0n) is 10.0. The number of carboxylic acid groups (broad SMARTS) is 1. The second-order valence-corrected chi connectivity index (χ2v) is 4.79. The molecule has 6 nitrogen and oxygen atoms in total. The van der Waals surface area contributed by atoms with E-state index in [1.54, 1.807) is 6.92 Å². The first kappa shape index (κ1) is 11.3. The molecule has 96 valence electrons. The number of nitrogens with zero attached hydrogens (tertiary/aromatic N) is 2. The number of hydrogen-bond donors (Lipinski definition) is 1. The van der Waals surface area contributed by atoms with E-state index in [0.717, 1.165) is 24.1 Å². The number of carbonyl (C=O) groups excluding carboxylic acids is 1. The average molecular weight is 250 g/mol. The molecule has 1 fully saturated rings. The maximum atomic E-state index is 11.8. The zero-order chi connectivity index (χ0) is 12.9. The molecule has 2 aliphatic carbocycles. The van der Waals surface area contributed by atoms with Gasteiger partial charge in [-0.05, 0) is 31.6 Å². The summed E-state index contributed by atoms with van der Waals surface area (Å²) in [6.07, 6.45) is 1.91. The Morgan fingerprint density at radius 2 is 2.33 bits per heavy atom. The van der Waals surface area contributed by atoms with Crippen LogP contribution in [0, 0.1) is 5.92 Å². The van der Waals surface area contributed by atoms with Crippen LogP contribution in [0.3, 0.4) is 0 Å². The molecule has 6 heteroatoms. The highest BCUT2D eigenvalue weighted by Gasteiger charge is 2.50. The molecular formula is C12H14N2O4. The minimum Gasteiger partial charge on any atom is -0.480 e. The van der Waals surface area contributed by atoms with Crippen molar-refractivity contribution in [2.24, 2.45) is 5.92 Å². The van der Waals surface area contributed by atoms with Crippen molar-refractivity contribution in [3.05, 3.63) is 17.0 Å². The third-order valence-corrected chi connectivity index (χ3v) is 3.60. The van der Waals surface area contributed by atoms with Gasteiger partial charge in [0.1, 0.15) is 6.54 Å². The first-order chi connectivity index (χ1) is 8.61. The van der Waals surface area contributed by atoms with E-state index >= 15 is 0 Å². The molecule has 0 aliphatic heterocycles. The number of ether oxygens (including phenoxy) is 1. The van der Waals surface area contributed by atoms with Gasteiger partial charge in [0.15, 0.2) is 5.69 Å². The van der Waals surface area contributed by atoms with Crippen LogP contribution < -0.4 is 0 Å². The monoisotopic (exact) mass is 250 g/mol. The van der Waals surface area contributed by atoms with E-state index in [2.05, 4.69) is 5.10 Å². The van der Waals surface area contributed by atoms with Crippen molar-refractivity contribution in [1.82, 2.24) is 9.78 Å². The molecule has 1 saturated carbocycles. The van der Waals surface area contributed by atoms with Gasteiger partial charge in [-0.3, -0.25) is 9.48 Å². The van der Waals surface area contributed by atoms with Crippen molar-refractivity contribution >= 4 is 11.9 Å². The molecule has 1 heterocycles. The predicted octanol–water partition coefficient (Wildman–Crippen LogP) is 0.804. The van der Waals surface area contributed by atoms with Gasteiger partial charge in [-0.1, -0.05) is 0 Å². The maximum Gasteiger partial charge on any atom is 0.359 e. The molecule has 2 aliphatic rings. The number of aliphatic carboxylic acids is 1. The Kier molecular flexibility index (Phi) is 2.39. The first-order valence-corrected chi connectivity index (χ1v) is 6.10. The number of carbonyl (C=O) groups is 2. The molecule has 0 amide bonds. The van der Waals surface area contributed by atoms with E-state index in [1.165, 1.54) is 4.68 Å². The lowest BCUT2D eigenvalue weighted by Crippen LogP contribution is -2.14. The van der Waals surface area contributed by atoms with Gasteiger partial charge in [-0.25, -0.2) is 4.79 Å². The van der Waals surface area contributed by atoms with E-state index in [1.807, 2.05) is 0 Å². The molecule has 0 spiro atoms. The first-order valence-electron chi connectivity index (χ1n) is 6.10. The predicted molar refractivity (Wildman–Crippen MR) is 60.4 cm³/mol. The van der Waals surface area contributed by atoms with Crippen molar-refractivity contribution in [3.8, 4) is 0 Å². The highest BCUT2D eigenvalue weighted by atomic mass is 16.5. The maximum absolute atomic E-state index is 11.8. The summed E-state index contributed by atoms with van der Waals surface area (Å²) in [4.78, 5) is 22.6. The minimum atomic E-state index is -0.948. The Bertz CT molecular complexity index is 534. The summed E-state index contributed by atoms with van der Waals surface area (Å²) in [5.74, 6) is -0.421. The molecule has 1 unspecified atom stereocenters. The van der Waals surface area contributed by atoms with Gasteiger partial charge in [0.25, 0.3) is 0 Å². The molecule has 0 radical (unpaired) electrons. The largest absolute Gasteiger partial charge is 0.480 e. The lowest BCUT2D eigenvalue weighted by molar-refractivity contribution is -0.137. The normalized spacial score (nSPS) is 23.4. The summed E-state index contributed by atoms with van der Waals surface area (Å²) >= 11 is 0. The fourth-order valence-corrected chi connectivity index (χ4v) is 2.80. The number of esters is 1. The summed E-state index contributed by atoms with van der Waals surface area (Å²) in [5, 5.41) is 13.0. The van der Waals surface area contributed by atoms with Gasteiger partial charge in [-0.15, -0.1) is 0 Å². The van der Waals surface area contributed by atoms with Crippen LogP contribution in [0.1, 0.15) is 41.0 Å². The van der Waals surface area contributed by atoms with Crippen LogP contribution in [0.15, 0.2) is 0 Å². The Hall–Kier alpha value is -1.85. The Morgan fingerprint density at radius 1 is 1.56 bits per heavy atom. The van der Waals surface area contributed by atoms with Gasteiger partial charge in [0.2, 0.25) is 0 Å². The van der Waals surface area contributed by atoms with E-state index in [0.29, 0.717) is 24.1 Å². The smallest absolute Gasteiger partial charge is 0.359 e. The Labute approximate surface area is 104 Å². The molecule has 1 N–H and O–H groups in total. The number of carboxylic acids is 1. The molecule has 3 rings (SSSR count). The second kappa shape index (κ2) is 3.83. The molecule has 18 heavy (non-hydrogen) atoms. The van der Waals surface area contributed by atoms with Crippen LogP contribution in [0.25, 0.3) is 0 Å². The zero-order valence-corrected chi connectivity index (χ0v) is 10.0. The van der Waals surface area contributed by atoms with E-state index in [4.69, 9.17) is 9.84 Å². The number of fused-ring (bicyclic) bond motifs is 3. The van der Waals surface area contributed by atoms with Crippen molar-refractivity contribution in [1.29, 1.82) is 0 Å². The van der Waals surface area contributed by atoms with E-state index < -0.39 is 11.9 Å². The van der Waals surface area contributed by atoms with Gasteiger partial charge in [0.05, 0.1) is 6.61 Å². The highest BCUT2D eigenvalue weighted by Crippen LogP contribution is 2.57. The van der Waals surface area contributed by atoms with Crippen molar-refractivity contribution in [2.45, 2.75) is 32.2 Å². The van der Waals surface area contributed by atoms with Gasteiger partial charge in [-0.2, -0.15) is 5.10 Å². The lowest BCUT2D eigenvalue weighted by atomic mass is 10.1. The van der Waals surface area contributed by atoms with Crippen molar-refractivity contribution in [3.63, 3.8) is 0 Å². The molecular weight excluding hydrogens is 236 g/mol. The third kappa shape index (κ3) is 1.60. The van der Waals surface area contributed by atoms with Crippen LogP contribution in [0.2, 0.25) is 0 Å². The number of hydrogen-bond acceptors (Lipinski definition) is 4. The summed E-state index contributed by atoms with van der Waals surface area (Å²) in [6.45, 7) is 1.85. The SMILES string of the molecule is CCOC(=O)c1nn(CC(=O)O)c2c1[C@@H]1CC1C2. The van der Waals surface area contributed by atoms with Gasteiger partial charge >= 0.3 is 11.9 Å². The standard InChI is InChI=1S/C12H14N2O4/c1-2-18-12(17)11-10-7-3-6(7)4-8(10)14(13-11)5-9(15)16/h6-7H,2-5H2,1H3,(H,15,16)/t6?,7-/m1/s1. The van der Waals surface area contributed by atoms with E-state index in [-0.39, 0.29) is 6.54 Å². The average Bonchev–Trinajstić information content (AvgIpc) is 2.82. The van der Waals surface area contributed by atoms with Crippen LogP contribution >= 0.6 is 0 Å². The lowest BCUT2D eigenvalue weighted by Gasteiger charge is -2.01. The highest BCUT2D eigenvalue weighted by molar-refractivity contribution is 5.90. The second-order valence-electron chi connectivity index (χ2n) is 4.79. The quantitative estimate of drug-likeness (QED) is 0.799. The Balaban J connectivity index is 1.99. The fraction of sp³-hybridized carbons (Fsp3) is 0.583. The van der Waals surface area contributed by atoms with Crippen molar-refractivity contribution in [2.75, 3.05) is 6.61 Å². The topological polar surface area (TPSA) is 81.4 Å². The van der Waals surface area contributed by atoms with Crippen LogP contribution in [0.4, 0.5) is 0 Å².